The number of hydrogen-bond donors (Lipinski definition) is 1. The molecular weight excluding hydrogens is 150 g/mol. The molecule has 1 aliphatic rings. The Hall–Kier alpha value is -0.510. The molecule has 0 aromatic carbocycles. The van der Waals surface area contributed by atoms with Gasteiger partial charge < -0.3 is 5.11 Å². The Morgan fingerprint density at radius 1 is 1.80 bits per heavy atom. The van der Waals surface area contributed by atoms with Crippen molar-refractivity contribution < 1.29 is 9.90 Å². The van der Waals surface area contributed by atoms with E-state index >= 15 is 0 Å². The Balaban J connectivity index is 2.85. The molecule has 4 heteroatoms. The second kappa shape index (κ2) is 2.27. The van der Waals surface area contributed by atoms with E-state index in [0.717, 1.165) is 0 Å². The second-order valence-corrected chi connectivity index (χ2v) is 4.16. The molecule has 0 aromatic heterocycles. The van der Waals surface area contributed by atoms with Crippen LogP contribution in [0.2, 0.25) is 0 Å². The standard InChI is InChI=1S/C6H9NO2S/c1-6(2)4(5(8)9)7-3-10-6/h3H2,1-2H3,(H,8,9). The molecule has 1 aliphatic heterocycles. The molecule has 0 fully saturated rings. The predicted molar refractivity (Wildman–Crippen MR) is 41.6 cm³/mol. The SMILES string of the molecule is CC1(C)SCN=C1C(=O)O. The average Bonchev–Trinajstić information content (AvgIpc) is 2.08. The Morgan fingerprint density at radius 3 is 2.60 bits per heavy atom. The molecule has 1 N–H and O–H groups in total. The molecule has 10 heavy (non-hydrogen) atoms. The first kappa shape index (κ1) is 7.60. The van der Waals surface area contributed by atoms with Gasteiger partial charge in [0.15, 0.2) is 0 Å². The molecule has 1 heterocycles. The zero-order valence-corrected chi connectivity index (χ0v) is 6.73. The molecule has 0 saturated carbocycles. The van der Waals surface area contributed by atoms with Gasteiger partial charge in [-0.25, -0.2) is 4.79 Å². The van der Waals surface area contributed by atoms with Crippen molar-refractivity contribution >= 4 is 23.4 Å². The third-order valence-electron chi connectivity index (χ3n) is 1.42. The lowest BCUT2D eigenvalue weighted by Crippen LogP contribution is -2.31. The summed E-state index contributed by atoms with van der Waals surface area (Å²) in [6.07, 6.45) is 0. The lowest BCUT2D eigenvalue weighted by Gasteiger charge is -2.14. The van der Waals surface area contributed by atoms with E-state index in [0.29, 0.717) is 5.88 Å². The monoisotopic (exact) mass is 159 g/mol. The third-order valence-corrected chi connectivity index (χ3v) is 2.59. The van der Waals surface area contributed by atoms with Crippen molar-refractivity contribution in [1.29, 1.82) is 0 Å². The molecule has 0 amide bonds. The molecule has 0 spiro atoms. The topological polar surface area (TPSA) is 49.7 Å². The zero-order chi connectivity index (χ0) is 7.78. The Bertz CT molecular complexity index is 198. The highest BCUT2D eigenvalue weighted by Crippen LogP contribution is 2.31. The van der Waals surface area contributed by atoms with Crippen LogP contribution in [0.4, 0.5) is 0 Å². The third kappa shape index (κ3) is 1.16. The zero-order valence-electron chi connectivity index (χ0n) is 5.92. The maximum Gasteiger partial charge on any atom is 0.351 e. The van der Waals surface area contributed by atoms with E-state index in [-0.39, 0.29) is 10.5 Å². The minimum absolute atomic E-state index is 0.289. The number of carboxylic acid groups (broad SMARTS) is 1. The van der Waals surface area contributed by atoms with Crippen LogP contribution in [-0.2, 0) is 4.79 Å². The molecule has 0 aliphatic carbocycles. The fourth-order valence-corrected chi connectivity index (χ4v) is 1.65. The van der Waals surface area contributed by atoms with Crippen LogP contribution in [0.25, 0.3) is 0 Å². The van der Waals surface area contributed by atoms with Crippen molar-refractivity contribution in [3.05, 3.63) is 0 Å². The van der Waals surface area contributed by atoms with Gasteiger partial charge in [0.1, 0.15) is 5.71 Å². The van der Waals surface area contributed by atoms with Gasteiger partial charge in [-0.05, 0) is 13.8 Å². The summed E-state index contributed by atoms with van der Waals surface area (Å²) in [6, 6.07) is 0. The van der Waals surface area contributed by atoms with Crippen molar-refractivity contribution in [3.63, 3.8) is 0 Å². The molecule has 0 bridgehead atoms. The van der Waals surface area contributed by atoms with Gasteiger partial charge in [-0.2, -0.15) is 0 Å². The van der Waals surface area contributed by atoms with Crippen LogP contribution in [0.5, 0.6) is 0 Å². The highest BCUT2D eigenvalue weighted by atomic mass is 32.2. The largest absolute Gasteiger partial charge is 0.477 e. The number of aliphatic carboxylic acids is 1. The first-order valence-corrected chi connectivity index (χ1v) is 3.95. The number of carboxylic acids is 1. The summed E-state index contributed by atoms with van der Waals surface area (Å²) in [5.41, 5.74) is 0.289. The minimum Gasteiger partial charge on any atom is -0.477 e. The van der Waals surface area contributed by atoms with Crippen LogP contribution in [-0.4, -0.2) is 27.4 Å². The highest BCUT2D eigenvalue weighted by molar-refractivity contribution is 8.01. The first-order valence-electron chi connectivity index (χ1n) is 2.96. The quantitative estimate of drug-likeness (QED) is 0.620. The summed E-state index contributed by atoms with van der Waals surface area (Å²) in [5.74, 6) is -0.316. The van der Waals surface area contributed by atoms with Gasteiger partial charge in [-0.3, -0.25) is 4.99 Å². The molecule has 0 aromatic rings. The number of carbonyl (C=O) groups is 1. The highest BCUT2D eigenvalue weighted by Gasteiger charge is 2.34. The lowest BCUT2D eigenvalue weighted by molar-refractivity contribution is -0.129. The number of thioether (sulfide) groups is 1. The minimum atomic E-state index is -0.894. The Morgan fingerprint density at radius 2 is 2.40 bits per heavy atom. The van der Waals surface area contributed by atoms with Gasteiger partial charge >= 0.3 is 5.97 Å². The molecule has 0 radical (unpaired) electrons. The van der Waals surface area contributed by atoms with Crippen LogP contribution in [0.3, 0.4) is 0 Å². The van der Waals surface area contributed by atoms with Gasteiger partial charge in [-0.15, -0.1) is 11.8 Å². The van der Waals surface area contributed by atoms with Crippen molar-refractivity contribution in [3.8, 4) is 0 Å². The molecular formula is C6H9NO2S. The van der Waals surface area contributed by atoms with Crippen molar-refractivity contribution in [2.24, 2.45) is 4.99 Å². The van der Waals surface area contributed by atoms with Gasteiger partial charge in [0.05, 0.1) is 10.6 Å². The van der Waals surface area contributed by atoms with E-state index in [9.17, 15) is 4.79 Å². The smallest absolute Gasteiger partial charge is 0.351 e. The summed E-state index contributed by atoms with van der Waals surface area (Å²) < 4.78 is -0.300. The van der Waals surface area contributed by atoms with E-state index in [1.54, 1.807) is 11.8 Å². The fraction of sp³-hybridized carbons (Fsp3) is 0.667. The molecule has 3 nitrogen and oxygen atoms in total. The normalized spacial score (nSPS) is 22.4. The summed E-state index contributed by atoms with van der Waals surface area (Å²) in [4.78, 5) is 14.3. The van der Waals surface area contributed by atoms with Crippen LogP contribution in [0, 0.1) is 0 Å². The Labute approximate surface area is 63.5 Å². The summed E-state index contributed by atoms with van der Waals surface area (Å²) in [6.45, 7) is 3.75. The number of hydrogen-bond acceptors (Lipinski definition) is 3. The lowest BCUT2D eigenvalue weighted by atomic mass is 10.1. The van der Waals surface area contributed by atoms with Crippen molar-refractivity contribution in [2.75, 3.05) is 5.88 Å². The molecule has 0 unspecified atom stereocenters. The molecule has 0 atom stereocenters. The fourth-order valence-electron chi connectivity index (χ4n) is 0.842. The second-order valence-electron chi connectivity index (χ2n) is 2.60. The van der Waals surface area contributed by atoms with E-state index in [2.05, 4.69) is 4.99 Å². The summed E-state index contributed by atoms with van der Waals surface area (Å²) in [7, 11) is 0. The molecule has 1 rings (SSSR count). The maximum absolute atomic E-state index is 10.5. The van der Waals surface area contributed by atoms with Crippen LogP contribution < -0.4 is 0 Å². The number of nitrogens with zero attached hydrogens (tertiary/aromatic N) is 1. The Kier molecular flexibility index (Phi) is 1.72. The average molecular weight is 159 g/mol. The van der Waals surface area contributed by atoms with Gasteiger partial charge in [-0.1, -0.05) is 0 Å². The van der Waals surface area contributed by atoms with E-state index < -0.39 is 5.97 Å². The van der Waals surface area contributed by atoms with Crippen molar-refractivity contribution in [1.82, 2.24) is 0 Å². The number of aliphatic imine (C=N–C) groups is 1. The molecule has 0 saturated heterocycles. The van der Waals surface area contributed by atoms with Crippen LogP contribution >= 0.6 is 11.8 Å². The van der Waals surface area contributed by atoms with Gasteiger partial charge in [0, 0.05) is 0 Å². The van der Waals surface area contributed by atoms with E-state index in [1.165, 1.54) is 0 Å². The van der Waals surface area contributed by atoms with Gasteiger partial charge in [0.25, 0.3) is 0 Å². The van der Waals surface area contributed by atoms with Gasteiger partial charge in [0.2, 0.25) is 0 Å². The summed E-state index contributed by atoms with van der Waals surface area (Å²) in [5, 5.41) is 8.60. The summed E-state index contributed by atoms with van der Waals surface area (Å²) >= 11 is 1.55. The first-order chi connectivity index (χ1) is 4.54. The predicted octanol–water partition coefficient (Wildman–Crippen LogP) is 0.995. The van der Waals surface area contributed by atoms with E-state index in [4.69, 9.17) is 5.11 Å². The number of rotatable bonds is 1. The maximum atomic E-state index is 10.5. The van der Waals surface area contributed by atoms with E-state index in [1.807, 2.05) is 13.8 Å². The van der Waals surface area contributed by atoms with Crippen molar-refractivity contribution in [2.45, 2.75) is 18.6 Å². The van der Waals surface area contributed by atoms with Crippen LogP contribution in [0.15, 0.2) is 4.99 Å². The van der Waals surface area contributed by atoms with Crippen LogP contribution in [0.1, 0.15) is 13.8 Å². The molecule has 56 valence electrons.